The van der Waals surface area contributed by atoms with E-state index in [2.05, 4.69) is 22.0 Å². The summed E-state index contributed by atoms with van der Waals surface area (Å²) in [4.78, 5) is 28.6. The first-order chi connectivity index (χ1) is 16.5. The number of carbonyl (C=O) groups is 1. The zero-order chi connectivity index (χ0) is 23.4. The molecular formula is C25H18N4O2S3. The highest BCUT2D eigenvalue weighted by molar-refractivity contribution is 8.20. The number of para-hydroxylation sites is 1. The maximum absolute atomic E-state index is 13.7. The summed E-state index contributed by atoms with van der Waals surface area (Å²) < 4.78 is 1.06. The van der Waals surface area contributed by atoms with Gasteiger partial charge in [0.05, 0.1) is 37.3 Å². The second-order valence-corrected chi connectivity index (χ2v) is 11.0. The molecule has 34 heavy (non-hydrogen) atoms. The van der Waals surface area contributed by atoms with Gasteiger partial charge < -0.3 is 10.0 Å². The molecule has 6 nitrogen and oxygen atoms in total. The maximum atomic E-state index is 13.7. The van der Waals surface area contributed by atoms with Crippen LogP contribution in [0.4, 0.5) is 17.1 Å². The number of hydrogen-bond acceptors (Lipinski definition) is 8. The molecule has 0 spiro atoms. The van der Waals surface area contributed by atoms with E-state index in [4.69, 9.17) is 4.99 Å². The van der Waals surface area contributed by atoms with Crippen LogP contribution in [0.1, 0.15) is 5.01 Å². The minimum absolute atomic E-state index is 0.133. The molecule has 0 radical (unpaired) electrons. The number of aryl methyl sites for hydroxylation is 1. The van der Waals surface area contributed by atoms with Crippen LogP contribution in [-0.2, 0) is 4.79 Å². The molecule has 1 amide bonds. The largest absolute Gasteiger partial charge is 0.508 e. The molecule has 3 aromatic carbocycles. The lowest BCUT2D eigenvalue weighted by atomic mass is 10.2. The summed E-state index contributed by atoms with van der Waals surface area (Å²) in [5.41, 5.74) is 3.44. The molecule has 9 heteroatoms. The molecule has 0 atom stereocenters. The van der Waals surface area contributed by atoms with Crippen LogP contribution < -0.4 is 9.80 Å². The van der Waals surface area contributed by atoms with Gasteiger partial charge in [0, 0.05) is 11.9 Å². The van der Waals surface area contributed by atoms with E-state index in [0.29, 0.717) is 15.8 Å². The lowest BCUT2D eigenvalue weighted by molar-refractivity contribution is -0.113. The van der Waals surface area contributed by atoms with Crippen molar-refractivity contribution in [3.63, 3.8) is 0 Å². The minimum Gasteiger partial charge on any atom is -0.508 e. The molecule has 168 valence electrons. The fourth-order valence-corrected chi connectivity index (χ4v) is 7.12. The van der Waals surface area contributed by atoms with E-state index in [0.717, 1.165) is 36.5 Å². The van der Waals surface area contributed by atoms with E-state index in [9.17, 15) is 9.90 Å². The second-order valence-electron chi connectivity index (χ2n) is 7.80. The Hall–Kier alpha value is -3.27. The molecular weight excluding hydrogens is 485 g/mol. The van der Waals surface area contributed by atoms with Crippen molar-refractivity contribution < 1.29 is 9.90 Å². The monoisotopic (exact) mass is 502 g/mol. The highest BCUT2D eigenvalue weighted by Gasteiger charge is 2.40. The first-order valence-corrected chi connectivity index (χ1v) is 12.9. The number of fused-ring (bicyclic) bond motifs is 2. The molecule has 6 rings (SSSR count). The number of thiazole rings is 1. The Balaban J connectivity index is 1.46. The van der Waals surface area contributed by atoms with Gasteiger partial charge in [-0.2, -0.15) is 0 Å². The van der Waals surface area contributed by atoms with Crippen LogP contribution in [0.15, 0.2) is 86.6 Å². The average molecular weight is 503 g/mol. The lowest BCUT2D eigenvalue weighted by Gasteiger charge is -2.16. The SMILES string of the molecule is Cc1nc2ccc(N=C3S/C(=C4\Sc5ccccc5N4C)C(=O)N3c3ccc(O)cc3)cc2s1. The molecule has 0 saturated carbocycles. The normalized spacial score (nSPS) is 19.0. The van der Waals surface area contributed by atoms with Gasteiger partial charge in [0.25, 0.3) is 5.91 Å². The highest BCUT2D eigenvalue weighted by atomic mass is 32.2. The number of benzene rings is 3. The Morgan fingerprint density at radius 1 is 1.00 bits per heavy atom. The first kappa shape index (κ1) is 21.3. The number of hydrogen-bond donors (Lipinski definition) is 1. The van der Waals surface area contributed by atoms with Crippen LogP contribution in [0.2, 0.25) is 0 Å². The van der Waals surface area contributed by atoms with E-state index in [1.807, 2.05) is 44.3 Å². The zero-order valence-corrected chi connectivity index (χ0v) is 20.7. The molecule has 0 aliphatic carbocycles. The molecule has 0 unspecified atom stereocenters. The predicted molar refractivity (Wildman–Crippen MR) is 142 cm³/mol. The summed E-state index contributed by atoms with van der Waals surface area (Å²) in [5.74, 6) is 0.0129. The lowest BCUT2D eigenvalue weighted by Crippen LogP contribution is -2.29. The Morgan fingerprint density at radius 3 is 2.59 bits per heavy atom. The number of aromatic hydroxyl groups is 1. The van der Waals surface area contributed by atoms with Crippen LogP contribution in [0, 0.1) is 6.92 Å². The van der Waals surface area contributed by atoms with Gasteiger partial charge in [0.2, 0.25) is 0 Å². The standard InChI is InChI=1S/C25H18N4O2S3/c1-14-26-18-12-7-15(13-21(18)32-14)27-25-29(16-8-10-17(30)11-9-16)23(31)22(34-25)24-28(2)19-5-3-4-6-20(19)33-24/h3-13,30H,1-2H3/b24-22-,27-25?. The number of phenols is 1. The van der Waals surface area contributed by atoms with E-state index in [1.54, 1.807) is 52.3 Å². The van der Waals surface area contributed by atoms with Gasteiger partial charge in [-0.1, -0.05) is 23.9 Å². The van der Waals surface area contributed by atoms with Crippen molar-refractivity contribution >= 4 is 73.2 Å². The zero-order valence-electron chi connectivity index (χ0n) is 18.2. The van der Waals surface area contributed by atoms with Crippen LogP contribution in [0.25, 0.3) is 10.2 Å². The fourth-order valence-electron chi connectivity index (χ4n) is 3.92. The van der Waals surface area contributed by atoms with Gasteiger partial charge in [-0.05, 0) is 73.3 Å². The number of amides is 1. The molecule has 1 aromatic heterocycles. The van der Waals surface area contributed by atoms with Crippen molar-refractivity contribution in [3.8, 4) is 5.75 Å². The van der Waals surface area contributed by atoms with E-state index in [1.165, 1.54) is 11.8 Å². The Kier molecular flexibility index (Phi) is 5.13. The second kappa shape index (κ2) is 8.19. The van der Waals surface area contributed by atoms with E-state index < -0.39 is 0 Å². The van der Waals surface area contributed by atoms with Gasteiger partial charge in [0.1, 0.15) is 10.7 Å². The summed E-state index contributed by atoms with van der Waals surface area (Å²) in [6.45, 7) is 1.99. The first-order valence-electron chi connectivity index (χ1n) is 10.5. The third kappa shape index (κ3) is 3.56. The number of carbonyl (C=O) groups excluding carboxylic acids is 1. The number of aromatic nitrogens is 1. The summed E-state index contributed by atoms with van der Waals surface area (Å²) >= 11 is 4.59. The van der Waals surface area contributed by atoms with Crippen molar-refractivity contribution in [2.75, 3.05) is 16.8 Å². The van der Waals surface area contributed by atoms with Crippen molar-refractivity contribution in [2.24, 2.45) is 4.99 Å². The Morgan fingerprint density at radius 2 is 1.79 bits per heavy atom. The molecule has 4 aromatic rings. The number of aliphatic imine (C=N–C) groups is 1. The summed E-state index contributed by atoms with van der Waals surface area (Å²) in [7, 11) is 1.98. The molecule has 0 bridgehead atoms. The van der Waals surface area contributed by atoms with Gasteiger partial charge in [-0.3, -0.25) is 9.69 Å². The third-order valence-electron chi connectivity index (χ3n) is 5.53. The van der Waals surface area contributed by atoms with Gasteiger partial charge in [0.15, 0.2) is 5.17 Å². The van der Waals surface area contributed by atoms with Gasteiger partial charge >= 0.3 is 0 Å². The van der Waals surface area contributed by atoms with Crippen molar-refractivity contribution in [3.05, 3.63) is 81.7 Å². The van der Waals surface area contributed by atoms with Crippen molar-refractivity contribution in [1.82, 2.24) is 4.98 Å². The topological polar surface area (TPSA) is 69.0 Å². The summed E-state index contributed by atoms with van der Waals surface area (Å²) in [5, 5.41) is 12.2. The molecule has 1 N–H and O–H groups in total. The van der Waals surface area contributed by atoms with Gasteiger partial charge in [-0.15, -0.1) is 11.3 Å². The summed E-state index contributed by atoms with van der Waals surface area (Å²) in [6.07, 6.45) is 0. The average Bonchev–Trinajstić information content (AvgIpc) is 3.47. The number of thioether (sulfide) groups is 2. The predicted octanol–water partition coefficient (Wildman–Crippen LogP) is 6.49. The summed E-state index contributed by atoms with van der Waals surface area (Å²) in [6, 6.07) is 20.6. The van der Waals surface area contributed by atoms with Crippen molar-refractivity contribution in [2.45, 2.75) is 11.8 Å². The van der Waals surface area contributed by atoms with Crippen LogP contribution >= 0.6 is 34.9 Å². The Bertz CT molecular complexity index is 1520. The minimum atomic E-state index is -0.133. The molecule has 1 saturated heterocycles. The number of phenolic OH excluding ortho intramolecular Hbond substituents is 1. The Labute approximate surface area is 208 Å². The smallest absolute Gasteiger partial charge is 0.274 e. The van der Waals surface area contributed by atoms with Crippen LogP contribution in [0.3, 0.4) is 0 Å². The van der Waals surface area contributed by atoms with E-state index >= 15 is 0 Å². The molecule has 3 heterocycles. The number of rotatable bonds is 2. The molecule has 2 aliphatic heterocycles. The van der Waals surface area contributed by atoms with Crippen LogP contribution in [0.5, 0.6) is 5.75 Å². The molecule has 2 aliphatic rings. The third-order valence-corrected chi connectivity index (χ3v) is 8.85. The number of anilines is 2. The fraction of sp³-hybridized carbons (Fsp3) is 0.0800. The maximum Gasteiger partial charge on any atom is 0.274 e. The molecule has 1 fully saturated rings. The number of amidine groups is 1. The van der Waals surface area contributed by atoms with Crippen molar-refractivity contribution in [1.29, 1.82) is 0 Å². The van der Waals surface area contributed by atoms with Gasteiger partial charge in [-0.25, -0.2) is 9.98 Å². The number of nitrogens with zero attached hydrogens (tertiary/aromatic N) is 4. The quantitative estimate of drug-likeness (QED) is 0.316. The van der Waals surface area contributed by atoms with E-state index in [-0.39, 0.29) is 11.7 Å². The van der Waals surface area contributed by atoms with Crippen LogP contribution in [-0.4, -0.2) is 28.2 Å². The highest BCUT2D eigenvalue weighted by Crippen LogP contribution is 2.50.